The minimum absolute atomic E-state index is 0.172. The second-order valence-electron chi connectivity index (χ2n) is 6.25. The van der Waals surface area contributed by atoms with E-state index in [9.17, 15) is 8.42 Å². The van der Waals surface area contributed by atoms with Gasteiger partial charge in [0.2, 0.25) is 0 Å². The Labute approximate surface area is 116 Å². The molecular formula is C15H22O3S. The molecule has 4 heteroatoms. The highest BCUT2D eigenvalue weighted by atomic mass is 32.2. The van der Waals surface area contributed by atoms with E-state index in [4.69, 9.17) is 4.18 Å². The van der Waals surface area contributed by atoms with Crippen molar-refractivity contribution in [2.45, 2.75) is 57.5 Å². The van der Waals surface area contributed by atoms with Crippen LogP contribution in [0.15, 0.2) is 29.2 Å². The van der Waals surface area contributed by atoms with Crippen LogP contribution in [0.1, 0.15) is 45.1 Å². The first kappa shape index (κ1) is 14.5. The molecular weight excluding hydrogens is 260 g/mol. The molecule has 3 nitrogen and oxygen atoms in total. The molecule has 0 N–H and O–H groups in total. The standard InChI is InChI=1S/C15H22O3S/c1-12-6-8-14(9-7-12)19(16,17)18-13-5-4-10-15(2,3)11-13/h6-9,13H,4-5,10-11H2,1-3H3/t13-/m1/s1. The van der Waals surface area contributed by atoms with E-state index in [-0.39, 0.29) is 16.4 Å². The third-order valence-corrected chi connectivity index (χ3v) is 5.11. The lowest BCUT2D eigenvalue weighted by molar-refractivity contribution is 0.0903. The highest BCUT2D eigenvalue weighted by Gasteiger charge is 2.31. The van der Waals surface area contributed by atoms with Gasteiger partial charge in [-0.2, -0.15) is 8.42 Å². The zero-order valence-corrected chi connectivity index (χ0v) is 12.7. The Bertz CT molecular complexity index is 529. The molecule has 0 aromatic heterocycles. The Balaban J connectivity index is 2.11. The van der Waals surface area contributed by atoms with Gasteiger partial charge in [0.1, 0.15) is 0 Å². The Morgan fingerprint density at radius 2 is 1.84 bits per heavy atom. The third-order valence-electron chi connectivity index (χ3n) is 3.73. The molecule has 0 radical (unpaired) electrons. The zero-order valence-electron chi connectivity index (χ0n) is 11.8. The molecule has 0 unspecified atom stereocenters. The first-order valence-electron chi connectivity index (χ1n) is 6.78. The summed E-state index contributed by atoms with van der Waals surface area (Å²) in [5.41, 5.74) is 1.21. The van der Waals surface area contributed by atoms with Crippen molar-refractivity contribution in [1.82, 2.24) is 0 Å². The molecule has 0 heterocycles. The summed E-state index contributed by atoms with van der Waals surface area (Å²) in [7, 11) is -3.63. The molecule has 19 heavy (non-hydrogen) atoms. The topological polar surface area (TPSA) is 43.4 Å². The summed E-state index contributed by atoms with van der Waals surface area (Å²) in [6, 6.07) is 6.80. The lowest BCUT2D eigenvalue weighted by Crippen LogP contribution is -2.30. The summed E-state index contributed by atoms with van der Waals surface area (Å²) in [4.78, 5) is 0.251. The number of rotatable bonds is 3. The summed E-state index contributed by atoms with van der Waals surface area (Å²) in [5, 5.41) is 0. The van der Waals surface area contributed by atoms with Crippen molar-refractivity contribution in [3.05, 3.63) is 29.8 Å². The van der Waals surface area contributed by atoms with Crippen LogP contribution in [0, 0.1) is 12.3 Å². The van der Waals surface area contributed by atoms with Gasteiger partial charge in [-0.3, -0.25) is 4.18 Å². The molecule has 2 rings (SSSR count). The SMILES string of the molecule is Cc1ccc(S(=O)(=O)O[C@@H]2CCCC(C)(C)C2)cc1. The molecule has 0 spiro atoms. The van der Waals surface area contributed by atoms with Crippen molar-refractivity contribution in [3.63, 3.8) is 0 Å². The van der Waals surface area contributed by atoms with Gasteiger partial charge >= 0.3 is 0 Å². The maximum atomic E-state index is 12.2. The number of hydrogen-bond donors (Lipinski definition) is 0. The number of aryl methyl sites for hydroxylation is 1. The molecule has 0 saturated heterocycles. The fourth-order valence-electron chi connectivity index (χ4n) is 2.65. The minimum atomic E-state index is -3.63. The van der Waals surface area contributed by atoms with Crippen LogP contribution < -0.4 is 0 Å². The lowest BCUT2D eigenvalue weighted by Gasteiger charge is -2.34. The Hall–Kier alpha value is -0.870. The van der Waals surface area contributed by atoms with Crippen LogP contribution in [0.3, 0.4) is 0 Å². The van der Waals surface area contributed by atoms with Crippen LogP contribution in [0.25, 0.3) is 0 Å². The Morgan fingerprint density at radius 3 is 2.42 bits per heavy atom. The zero-order chi connectivity index (χ0) is 14.1. The van der Waals surface area contributed by atoms with E-state index < -0.39 is 10.1 Å². The fourth-order valence-corrected chi connectivity index (χ4v) is 3.75. The third kappa shape index (κ3) is 3.80. The summed E-state index contributed by atoms with van der Waals surface area (Å²) in [6.45, 7) is 6.27. The molecule has 106 valence electrons. The first-order valence-corrected chi connectivity index (χ1v) is 8.19. The van der Waals surface area contributed by atoms with Crippen LogP contribution in [0.5, 0.6) is 0 Å². The van der Waals surface area contributed by atoms with Gasteiger partial charge in [-0.15, -0.1) is 0 Å². The van der Waals surface area contributed by atoms with Gasteiger partial charge in [-0.1, -0.05) is 38.0 Å². The molecule has 0 aliphatic heterocycles. The maximum Gasteiger partial charge on any atom is 0.297 e. The van der Waals surface area contributed by atoms with Crippen molar-refractivity contribution >= 4 is 10.1 Å². The monoisotopic (exact) mass is 282 g/mol. The summed E-state index contributed by atoms with van der Waals surface area (Å²) >= 11 is 0. The molecule has 1 aromatic rings. The van der Waals surface area contributed by atoms with E-state index in [0.717, 1.165) is 31.2 Å². The molecule has 0 bridgehead atoms. The van der Waals surface area contributed by atoms with E-state index in [0.29, 0.717) is 0 Å². The molecule has 1 aliphatic rings. The van der Waals surface area contributed by atoms with Crippen molar-refractivity contribution in [2.75, 3.05) is 0 Å². The normalized spacial score (nSPS) is 23.2. The van der Waals surface area contributed by atoms with Crippen LogP contribution in [-0.4, -0.2) is 14.5 Å². The molecule has 1 fully saturated rings. The highest BCUT2D eigenvalue weighted by molar-refractivity contribution is 7.86. The molecule has 1 saturated carbocycles. The van der Waals surface area contributed by atoms with Gasteiger partial charge < -0.3 is 0 Å². The van der Waals surface area contributed by atoms with E-state index >= 15 is 0 Å². The van der Waals surface area contributed by atoms with Crippen LogP contribution >= 0.6 is 0 Å². The van der Waals surface area contributed by atoms with E-state index in [1.165, 1.54) is 0 Å². The van der Waals surface area contributed by atoms with Crippen molar-refractivity contribution in [2.24, 2.45) is 5.41 Å². The minimum Gasteiger partial charge on any atom is -0.263 e. The van der Waals surface area contributed by atoms with E-state index in [2.05, 4.69) is 13.8 Å². The summed E-state index contributed by atoms with van der Waals surface area (Å²) in [6.07, 6.45) is 3.61. The van der Waals surface area contributed by atoms with E-state index in [1.54, 1.807) is 24.3 Å². The van der Waals surface area contributed by atoms with Crippen LogP contribution in [-0.2, 0) is 14.3 Å². The maximum absolute atomic E-state index is 12.2. The Kier molecular flexibility index (Phi) is 4.02. The van der Waals surface area contributed by atoms with Gasteiger partial charge in [0.15, 0.2) is 0 Å². The van der Waals surface area contributed by atoms with Crippen molar-refractivity contribution in [3.8, 4) is 0 Å². The number of benzene rings is 1. The Morgan fingerprint density at radius 1 is 1.21 bits per heavy atom. The van der Waals surface area contributed by atoms with Gasteiger partial charge in [-0.05, 0) is 43.7 Å². The molecule has 1 aromatic carbocycles. The van der Waals surface area contributed by atoms with E-state index in [1.807, 2.05) is 6.92 Å². The highest BCUT2D eigenvalue weighted by Crippen LogP contribution is 2.37. The predicted molar refractivity (Wildman–Crippen MR) is 75.5 cm³/mol. The predicted octanol–water partition coefficient (Wildman–Crippen LogP) is 3.67. The fraction of sp³-hybridized carbons (Fsp3) is 0.600. The smallest absolute Gasteiger partial charge is 0.263 e. The van der Waals surface area contributed by atoms with Crippen LogP contribution in [0.2, 0.25) is 0 Å². The molecule has 1 aliphatic carbocycles. The second-order valence-corrected chi connectivity index (χ2v) is 7.82. The second kappa shape index (κ2) is 5.25. The summed E-state index contributed by atoms with van der Waals surface area (Å²) in [5.74, 6) is 0. The van der Waals surface area contributed by atoms with Crippen molar-refractivity contribution < 1.29 is 12.6 Å². The lowest BCUT2D eigenvalue weighted by atomic mass is 9.76. The van der Waals surface area contributed by atoms with Gasteiger partial charge in [0.05, 0.1) is 11.0 Å². The van der Waals surface area contributed by atoms with Crippen molar-refractivity contribution in [1.29, 1.82) is 0 Å². The molecule has 1 atom stereocenters. The average molecular weight is 282 g/mol. The molecule has 0 amide bonds. The summed E-state index contributed by atoms with van der Waals surface area (Å²) < 4.78 is 29.8. The van der Waals surface area contributed by atoms with Gasteiger partial charge in [0.25, 0.3) is 10.1 Å². The first-order chi connectivity index (χ1) is 8.78. The van der Waals surface area contributed by atoms with Gasteiger partial charge in [0, 0.05) is 0 Å². The quantitative estimate of drug-likeness (QED) is 0.794. The van der Waals surface area contributed by atoms with Crippen LogP contribution in [0.4, 0.5) is 0 Å². The average Bonchev–Trinajstić information content (AvgIpc) is 2.27. The largest absolute Gasteiger partial charge is 0.297 e. The van der Waals surface area contributed by atoms with Gasteiger partial charge in [-0.25, -0.2) is 0 Å². The number of hydrogen-bond acceptors (Lipinski definition) is 3.